The summed E-state index contributed by atoms with van der Waals surface area (Å²) < 4.78 is 5.54. The third-order valence-electron chi connectivity index (χ3n) is 4.89. The molecule has 1 unspecified atom stereocenters. The van der Waals surface area contributed by atoms with Gasteiger partial charge >= 0.3 is 0 Å². The molecule has 2 aromatic heterocycles. The fourth-order valence-electron chi connectivity index (χ4n) is 3.57. The van der Waals surface area contributed by atoms with Gasteiger partial charge in [0.25, 0.3) is 0 Å². The van der Waals surface area contributed by atoms with Gasteiger partial charge in [-0.3, -0.25) is 10.00 Å². The number of aryl methyl sites for hydroxylation is 1. The summed E-state index contributed by atoms with van der Waals surface area (Å²) in [5, 5.41) is 24.4. The van der Waals surface area contributed by atoms with E-state index < -0.39 is 0 Å². The highest BCUT2D eigenvalue weighted by Crippen LogP contribution is 2.26. The molecule has 3 N–H and O–H groups in total. The van der Waals surface area contributed by atoms with Crippen molar-refractivity contribution in [3.8, 4) is 0 Å². The van der Waals surface area contributed by atoms with Gasteiger partial charge in [-0.15, -0.1) is 0 Å². The summed E-state index contributed by atoms with van der Waals surface area (Å²) in [6.45, 7) is 3.29. The number of fused-ring (bicyclic) bond motifs is 1. The van der Waals surface area contributed by atoms with Crippen molar-refractivity contribution in [2.24, 2.45) is 0 Å². The van der Waals surface area contributed by atoms with Gasteiger partial charge in [-0.05, 0) is 19.3 Å². The fourth-order valence-corrected chi connectivity index (χ4v) is 3.57. The largest absolute Gasteiger partial charge is 0.392 e. The third kappa shape index (κ3) is 3.31. The monoisotopic (exact) mass is 317 g/mol. The van der Waals surface area contributed by atoms with Gasteiger partial charge in [0.05, 0.1) is 12.3 Å². The number of aliphatic hydroxyl groups excluding tert-OH is 1. The number of nitrogens with zero attached hydrogens (tertiary/aromatic N) is 3. The lowest BCUT2D eigenvalue weighted by atomic mass is 9.92. The number of likely N-dealkylation sites (tertiary alicyclic amines) is 1. The Morgan fingerprint density at radius 3 is 3.17 bits per heavy atom. The number of rotatable bonds is 5. The van der Waals surface area contributed by atoms with E-state index in [1.807, 2.05) is 12.4 Å². The highest BCUT2D eigenvalue weighted by Gasteiger charge is 2.28. The number of β-amino-alcohol motifs (C(OH)–C–C–N with tert-alkyl or cyclic N) is 1. The van der Waals surface area contributed by atoms with Crippen LogP contribution in [0.25, 0.3) is 0 Å². The van der Waals surface area contributed by atoms with Crippen LogP contribution in [0.15, 0.2) is 16.9 Å². The van der Waals surface area contributed by atoms with Crippen molar-refractivity contribution in [2.45, 2.75) is 50.9 Å². The lowest BCUT2D eigenvalue weighted by Gasteiger charge is -2.23. The molecule has 0 radical (unpaired) electrons. The van der Waals surface area contributed by atoms with E-state index >= 15 is 0 Å². The SMILES string of the molecule is O[C@@H]1CCN(Cc2noc3c2CC(NCc2cn[nH]c2)CC3)C1. The zero-order valence-corrected chi connectivity index (χ0v) is 13.2. The molecule has 0 saturated carbocycles. The molecular formula is C16H23N5O2. The van der Waals surface area contributed by atoms with E-state index in [4.69, 9.17) is 4.52 Å². The predicted molar refractivity (Wildman–Crippen MR) is 83.6 cm³/mol. The highest BCUT2D eigenvalue weighted by atomic mass is 16.5. The zero-order chi connectivity index (χ0) is 15.6. The Hall–Kier alpha value is -1.70. The molecule has 124 valence electrons. The molecule has 23 heavy (non-hydrogen) atoms. The van der Waals surface area contributed by atoms with E-state index in [2.05, 4.69) is 25.6 Å². The summed E-state index contributed by atoms with van der Waals surface area (Å²) in [7, 11) is 0. The van der Waals surface area contributed by atoms with E-state index in [1.54, 1.807) is 0 Å². The first-order valence-corrected chi connectivity index (χ1v) is 8.35. The first-order valence-electron chi connectivity index (χ1n) is 8.35. The molecule has 2 aromatic rings. The summed E-state index contributed by atoms with van der Waals surface area (Å²) in [6, 6.07) is 0.444. The Balaban J connectivity index is 1.38. The topological polar surface area (TPSA) is 90.2 Å². The maximum absolute atomic E-state index is 9.67. The molecule has 1 fully saturated rings. The molecule has 7 heteroatoms. The quantitative estimate of drug-likeness (QED) is 0.749. The number of H-pyrrole nitrogens is 1. The molecule has 1 saturated heterocycles. The average Bonchev–Trinajstić information content (AvgIpc) is 3.28. The number of hydrogen-bond donors (Lipinski definition) is 3. The summed E-state index contributed by atoms with van der Waals surface area (Å²) in [5.74, 6) is 1.04. The van der Waals surface area contributed by atoms with E-state index in [9.17, 15) is 5.11 Å². The van der Waals surface area contributed by atoms with Crippen LogP contribution in [0.2, 0.25) is 0 Å². The Labute approximate surface area is 135 Å². The third-order valence-corrected chi connectivity index (χ3v) is 4.89. The van der Waals surface area contributed by atoms with Crippen LogP contribution in [0, 0.1) is 0 Å². The maximum Gasteiger partial charge on any atom is 0.140 e. The van der Waals surface area contributed by atoms with Gasteiger partial charge < -0.3 is 14.9 Å². The van der Waals surface area contributed by atoms with Crippen LogP contribution in [0.3, 0.4) is 0 Å². The van der Waals surface area contributed by atoms with Crippen molar-refractivity contribution in [3.05, 3.63) is 35.0 Å². The molecular weight excluding hydrogens is 294 g/mol. The van der Waals surface area contributed by atoms with Crippen LogP contribution in [0.5, 0.6) is 0 Å². The molecule has 0 amide bonds. The maximum atomic E-state index is 9.67. The minimum absolute atomic E-state index is 0.192. The lowest BCUT2D eigenvalue weighted by Crippen LogP contribution is -2.34. The van der Waals surface area contributed by atoms with Gasteiger partial charge in [-0.2, -0.15) is 5.10 Å². The molecule has 0 bridgehead atoms. The van der Waals surface area contributed by atoms with Crippen LogP contribution in [-0.4, -0.2) is 50.6 Å². The normalized spacial score (nSPS) is 24.9. The first-order chi connectivity index (χ1) is 11.3. The predicted octanol–water partition coefficient (Wildman–Crippen LogP) is 0.611. The molecule has 0 spiro atoms. The summed E-state index contributed by atoms with van der Waals surface area (Å²) >= 11 is 0. The van der Waals surface area contributed by atoms with Crippen molar-refractivity contribution in [3.63, 3.8) is 0 Å². The lowest BCUT2D eigenvalue weighted by molar-refractivity contribution is 0.173. The summed E-state index contributed by atoms with van der Waals surface area (Å²) in [4.78, 5) is 2.26. The van der Waals surface area contributed by atoms with Crippen molar-refractivity contribution >= 4 is 0 Å². The fraction of sp³-hybridized carbons (Fsp3) is 0.625. The van der Waals surface area contributed by atoms with E-state index in [1.165, 1.54) is 11.1 Å². The Morgan fingerprint density at radius 2 is 2.39 bits per heavy atom. The van der Waals surface area contributed by atoms with E-state index in [0.717, 1.165) is 63.3 Å². The summed E-state index contributed by atoms with van der Waals surface area (Å²) in [6.07, 6.45) is 7.41. The highest BCUT2D eigenvalue weighted by molar-refractivity contribution is 5.27. The van der Waals surface area contributed by atoms with Gasteiger partial charge in [0.1, 0.15) is 11.5 Å². The van der Waals surface area contributed by atoms with Gasteiger partial charge in [-0.25, -0.2) is 0 Å². The number of hydrogen-bond acceptors (Lipinski definition) is 6. The standard InChI is InChI=1S/C16H23N5O2/c22-13-3-4-21(9-13)10-15-14-5-12(1-2-16(14)23-20-15)17-6-11-7-18-19-8-11/h7-8,12-13,17,22H,1-6,9-10H2,(H,18,19)/t12?,13-/m1/s1. The second-order valence-corrected chi connectivity index (χ2v) is 6.64. The molecule has 1 aliphatic carbocycles. The van der Waals surface area contributed by atoms with E-state index in [0.29, 0.717) is 6.04 Å². The van der Waals surface area contributed by atoms with Crippen LogP contribution in [0.1, 0.15) is 35.4 Å². The smallest absolute Gasteiger partial charge is 0.140 e. The van der Waals surface area contributed by atoms with Gasteiger partial charge in [0, 0.05) is 56.0 Å². The van der Waals surface area contributed by atoms with Gasteiger partial charge in [-0.1, -0.05) is 5.16 Å². The molecule has 1 aliphatic heterocycles. The first kappa shape index (κ1) is 14.9. The van der Waals surface area contributed by atoms with Crippen molar-refractivity contribution in [1.29, 1.82) is 0 Å². The number of aromatic amines is 1. The number of aliphatic hydroxyl groups is 1. The number of aromatic nitrogens is 3. The molecule has 4 rings (SSSR count). The van der Waals surface area contributed by atoms with Crippen molar-refractivity contribution in [2.75, 3.05) is 13.1 Å². The second-order valence-electron chi connectivity index (χ2n) is 6.64. The van der Waals surface area contributed by atoms with Crippen LogP contribution in [-0.2, 0) is 25.9 Å². The Morgan fingerprint density at radius 1 is 1.43 bits per heavy atom. The number of nitrogens with one attached hydrogen (secondary N) is 2. The molecule has 2 aliphatic rings. The summed E-state index contributed by atoms with van der Waals surface area (Å²) in [5.41, 5.74) is 3.48. The minimum Gasteiger partial charge on any atom is -0.392 e. The second kappa shape index (κ2) is 6.43. The molecule has 0 aromatic carbocycles. The van der Waals surface area contributed by atoms with Gasteiger partial charge in [0.2, 0.25) is 0 Å². The molecule has 2 atom stereocenters. The average molecular weight is 317 g/mol. The minimum atomic E-state index is -0.192. The van der Waals surface area contributed by atoms with Crippen molar-refractivity contribution < 1.29 is 9.63 Å². The van der Waals surface area contributed by atoms with Gasteiger partial charge in [0.15, 0.2) is 0 Å². The zero-order valence-electron chi connectivity index (χ0n) is 13.2. The van der Waals surface area contributed by atoms with Crippen molar-refractivity contribution in [1.82, 2.24) is 25.6 Å². The van der Waals surface area contributed by atoms with Crippen LogP contribution in [0.4, 0.5) is 0 Å². The van der Waals surface area contributed by atoms with Crippen LogP contribution < -0.4 is 5.32 Å². The molecule has 7 nitrogen and oxygen atoms in total. The van der Waals surface area contributed by atoms with E-state index in [-0.39, 0.29) is 6.10 Å². The Kier molecular flexibility index (Phi) is 4.15. The molecule has 3 heterocycles. The van der Waals surface area contributed by atoms with Crippen LogP contribution >= 0.6 is 0 Å². The Bertz CT molecular complexity index is 639.